The molecule has 1 aromatic heterocycles. The minimum atomic E-state index is 0.661. The fraction of sp³-hybridized carbons (Fsp3) is 0.438. The standard InChI is InChI=1S/C16H19N3O/c17-7-5-15-18-16(13-2-1-8-19(13)15)12-3-4-14-11(10-12)6-9-20-14/h3-4,10H,1-2,5-9,17H2. The van der Waals surface area contributed by atoms with Crippen LogP contribution in [0.1, 0.15) is 23.5 Å². The number of imidazole rings is 1. The van der Waals surface area contributed by atoms with E-state index in [0.29, 0.717) is 6.54 Å². The van der Waals surface area contributed by atoms with Crippen molar-refractivity contribution in [1.29, 1.82) is 0 Å². The van der Waals surface area contributed by atoms with Gasteiger partial charge in [-0.25, -0.2) is 4.98 Å². The molecular weight excluding hydrogens is 250 g/mol. The number of aromatic nitrogens is 2. The summed E-state index contributed by atoms with van der Waals surface area (Å²) in [5.41, 5.74) is 10.8. The predicted molar refractivity (Wildman–Crippen MR) is 77.9 cm³/mol. The first-order chi connectivity index (χ1) is 9.86. The Balaban J connectivity index is 1.80. The van der Waals surface area contributed by atoms with E-state index in [-0.39, 0.29) is 0 Å². The largest absolute Gasteiger partial charge is 0.493 e. The molecule has 0 bridgehead atoms. The van der Waals surface area contributed by atoms with Crippen LogP contribution in [0.25, 0.3) is 11.3 Å². The molecule has 0 saturated carbocycles. The second-order valence-electron chi connectivity index (χ2n) is 5.54. The summed E-state index contributed by atoms with van der Waals surface area (Å²) < 4.78 is 7.95. The van der Waals surface area contributed by atoms with Crippen molar-refractivity contribution in [2.75, 3.05) is 13.2 Å². The molecule has 0 saturated heterocycles. The number of hydrogen-bond donors (Lipinski definition) is 1. The fourth-order valence-electron chi connectivity index (χ4n) is 3.34. The third kappa shape index (κ3) is 1.75. The van der Waals surface area contributed by atoms with E-state index in [9.17, 15) is 0 Å². The van der Waals surface area contributed by atoms with Crippen molar-refractivity contribution in [3.8, 4) is 17.0 Å². The van der Waals surface area contributed by atoms with Gasteiger partial charge < -0.3 is 15.0 Å². The first-order valence-electron chi connectivity index (χ1n) is 7.41. The van der Waals surface area contributed by atoms with E-state index in [0.717, 1.165) is 49.7 Å². The summed E-state index contributed by atoms with van der Waals surface area (Å²) in [6.07, 6.45) is 4.22. The second-order valence-corrected chi connectivity index (χ2v) is 5.54. The molecule has 2 aliphatic rings. The molecule has 1 aromatic carbocycles. The quantitative estimate of drug-likeness (QED) is 0.926. The van der Waals surface area contributed by atoms with Crippen LogP contribution in [-0.2, 0) is 25.8 Å². The average molecular weight is 269 g/mol. The Hall–Kier alpha value is -1.81. The maximum Gasteiger partial charge on any atom is 0.122 e. The summed E-state index contributed by atoms with van der Waals surface area (Å²) in [7, 11) is 0. The highest BCUT2D eigenvalue weighted by Gasteiger charge is 2.23. The lowest BCUT2D eigenvalue weighted by molar-refractivity contribution is 0.357. The van der Waals surface area contributed by atoms with Crippen molar-refractivity contribution in [2.24, 2.45) is 5.73 Å². The highest BCUT2D eigenvalue weighted by atomic mass is 16.5. The van der Waals surface area contributed by atoms with Gasteiger partial charge in [0.05, 0.1) is 12.3 Å². The van der Waals surface area contributed by atoms with E-state index in [1.165, 1.54) is 23.2 Å². The van der Waals surface area contributed by atoms with Gasteiger partial charge in [0.2, 0.25) is 0 Å². The fourth-order valence-corrected chi connectivity index (χ4v) is 3.34. The van der Waals surface area contributed by atoms with Crippen LogP contribution in [-0.4, -0.2) is 22.7 Å². The number of benzene rings is 1. The van der Waals surface area contributed by atoms with E-state index in [4.69, 9.17) is 15.5 Å². The molecule has 4 rings (SSSR count). The van der Waals surface area contributed by atoms with Crippen molar-refractivity contribution < 1.29 is 4.74 Å². The van der Waals surface area contributed by atoms with Crippen LogP contribution in [0.3, 0.4) is 0 Å². The molecule has 0 atom stereocenters. The summed E-state index contributed by atoms with van der Waals surface area (Å²) in [5.74, 6) is 2.18. The Morgan fingerprint density at radius 3 is 3.15 bits per heavy atom. The number of hydrogen-bond acceptors (Lipinski definition) is 3. The Bertz CT molecular complexity index is 660. The van der Waals surface area contributed by atoms with Crippen molar-refractivity contribution >= 4 is 0 Å². The average Bonchev–Trinajstić information content (AvgIpc) is 3.14. The van der Waals surface area contributed by atoms with Crippen LogP contribution < -0.4 is 10.5 Å². The molecule has 0 aliphatic carbocycles. The number of fused-ring (bicyclic) bond motifs is 2. The monoisotopic (exact) mass is 269 g/mol. The first kappa shape index (κ1) is 12.0. The highest BCUT2D eigenvalue weighted by Crippen LogP contribution is 2.34. The van der Waals surface area contributed by atoms with Crippen LogP contribution in [0.2, 0.25) is 0 Å². The smallest absolute Gasteiger partial charge is 0.122 e. The van der Waals surface area contributed by atoms with Crippen LogP contribution in [0.15, 0.2) is 18.2 Å². The van der Waals surface area contributed by atoms with E-state index in [2.05, 4.69) is 22.8 Å². The summed E-state index contributed by atoms with van der Waals surface area (Å²) in [6, 6.07) is 6.47. The third-order valence-electron chi connectivity index (χ3n) is 4.28. The first-order valence-corrected chi connectivity index (χ1v) is 7.41. The second kappa shape index (κ2) is 4.63. The lowest BCUT2D eigenvalue weighted by Gasteiger charge is -2.03. The van der Waals surface area contributed by atoms with Gasteiger partial charge in [-0.1, -0.05) is 0 Å². The molecule has 2 N–H and O–H groups in total. The molecule has 2 aliphatic heterocycles. The summed E-state index contributed by atoms with van der Waals surface area (Å²) in [6.45, 7) is 2.55. The maximum atomic E-state index is 5.71. The Kier molecular flexibility index (Phi) is 2.77. The molecule has 0 fully saturated rings. The number of rotatable bonds is 3. The van der Waals surface area contributed by atoms with Crippen LogP contribution in [0.5, 0.6) is 5.75 Å². The van der Waals surface area contributed by atoms with Gasteiger partial charge in [-0.2, -0.15) is 0 Å². The van der Waals surface area contributed by atoms with Gasteiger partial charge >= 0.3 is 0 Å². The summed E-state index contributed by atoms with van der Waals surface area (Å²) >= 11 is 0. The van der Waals surface area contributed by atoms with Crippen molar-refractivity contribution in [1.82, 2.24) is 9.55 Å². The van der Waals surface area contributed by atoms with E-state index >= 15 is 0 Å². The van der Waals surface area contributed by atoms with Gasteiger partial charge in [0.15, 0.2) is 0 Å². The zero-order valence-electron chi connectivity index (χ0n) is 11.6. The van der Waals surface area contributed by atoms with Gasteiger partial charge in [0.25, 0.3) is 0 Å². The molecule has 0 radical (unpaired) electrons. The molecule has 4 nitrogen and oxygen atoms in total. The van der Waals surface area contributed by atoms with Crippen LogP contribution in [0.4, 0.5) is 0 Å². The zero-order valence-corrected chi connectivity index (χ0v) is 11.6. The summed E-state index contributed by atoms with van der Waals surface area (Å²) in [5, 5.41) is 0. The van der Waals surface area contributed by atoms with E-state index in [1.54, 1.807) is 0 Å². The highest BCUT2D eigenvalue weighted by molar-refractivity contribution is 5.66. The predicted octanol–water partition coefficient (Wildman–Crippen LogP) is 1.93. The molecular formula is C16H19N3O. The SMILES string of the molecule is NCCc1nc(-c2ccc3c(c2)CCO3)c2n1CCC2. The molecule has 4 heteroatoms. The van der Waals surface area contributed by atoms with Crippen LogP contribution >= 0.6 is 0 Å². The maximum absolute atomic E-state index is 5.71. The van der Waals surface area contributed by atoms with Crippen molar-refractivity contribution in [3.63, 3.8) is 0 Å². The molecule has 0 amide bonds. The minimum Gasteiger partial charge on any atom is -0.493 e. The zero-order chi connectivity index (χ0) is 13.5. The molecule has 20 heavy (non-hydrogen) atoms. The Morgan fingerprint density at radius 1 is 1.30 bits per heavy atom. The molecule has 3 heterocycles. The molecule has 104 valence electrons. The van der Waals surface area contributed by atoms with Gasteiger partial charge in [-0.3, -0.25) is 0 Å². The van der Waals surface area contributed by atoms with Gasteiger partial charge in [0.1, 0.15) is 11.6 Å². The molecule has 0 spiro atoms. The number of ether oxygens (including phenoxy) is 1. The lowest BCUT2D eigenvalue weighted by Crippen LogP contribution is -2.08. The number of nitrogens with zero attached hydrogens (tertiary/aromatic N) is 2. The van der Waals surface area contributed by atoms with Crippen LogP contribution in [0, 0.1) is 0 Å². The lowest BCUT2D eigenvalue weighted by atomic mass is 10.0. The Morgan fingerprint density at radius 2 is 2.25 bits per heavy atom. The molecule has 0 unspecified atom stereocenters. The third-order valence-corrected chi connectivity index (χ3v) is 4.28. The van der Waals surface area contributed by atoms with Gasteiger partial charge in [-0.05, 0) is 43.1 Å². The van der Waals surface area contributed by atoms with Gasteiger partial charge in [-0.15, -0.1) is 0 Å². The van der Waals surface area contributed by atoms with Gasteiger partial charge in [0, 0.05) is 30.6 Å². The Labute approximate surface area is 118 Å². The number of nitrogens with two attached hydrogens (primary N) is 1. The van der Waals surface area contributed by atoms with Crippen molar-refractivity contribution in [3.05, 3.63) is 35.3 Å². The van der Waals surface area contributed by atoms with E-state index < -0.39 is 0 Å². The topological polar surface area (TPSA) is 53.1 Å². The molecule has 2 aromatic rings. The normalized spacial score (nSPS) is 16.1. The van der Waals surface area contributed by atoms with Crippen molar-refractivity contribution in [2.45, 2.75) is 32.2 Å². The summed E-state index contributed by atoms with van der Waals surface area (Å²) in [4.78, 5) is 4.86. The van der Waals surface area contributed by atoms with E-state index in [1.807, 2.05) is 0 Å². The minimum absolute atomic E-state index is 0.661.